The van der Waals surface area contributed by atoms with Gasteiger partial charge in [-0.2, -0.15) is 5.26 Å². The number of nitriles is 1. The lowest BCUT2D eigenvalue weighted by Gasteiger charge is -2.33. The Morgan fingerprint density at radius 1 is 1.40 bits per heavy atom. The Bertz CT molecular complexity index is 1280. The van der Waals surface area contributed by atoms with Crippen molar-refractivity contribution in [3.8, 4) is 11.8 Å². The fraction of sp³-hybridized carbons (Fsp3) is 0.583. The summed E-state index contributed by atoms with van der Waals surface area (Å²) in [7, 11) is 3.34. The Balaban J connectivity index is 1.72. The van der Waals surface area contributed by atoms with Crippen molar-refractivity contribution in [2.75, 3.05) is 45.2 Å². The SMILES string of the molecule is COc1c(N2CCC(C(CNC(C)=O)N(C)CCC#N)C2)c(F)cc2c(=O)[nH]c(=O)n(C3CC3)c12. The van der Waals surface area contributed by atoms with Gasteiger partial charge in [0.1, 0.15) is 11.2 Å². The van der Waals surface area contributed by atoms with Crippen LogP contribution in [0.2, 0.25) is 0 Å². The number of benzene rings is 1. The molecule has 0 spiro atoms. The quantitative estimate of drug-likeness (QED) is 0.548. The van der Waals surface area contributed by atoms with E-state index >= 15 is 4.39 Å². The van der Waals surface area contributed by atoms with Crippen LogP contribution in [-0.4, -0.2) is 66.7 Å². The molecule has 1 aliphatic heterocycles. The number of nitrogens with zero attached hydrogens (tertiary/aromatic N) is 4. The van der Waals surface area contributed by atoms with E-state index in [1.807, 2.05) is 11.9 Å². The molecule has 2 heterocycles. The Hall–Kier alpha value is -3.39. The Kier molecular flexibility index (Phi) is 7.12. The number of nitrogens with one attached hydrogen (secondary N) is 2. The van der Waals surface area contributed by atoms with Gasteiger partial charge in [-0.1, -0.05) is 0 Å². The fourth-order valence-electron chi connectivity index (χ4n) is 5.14. The first-order valence-electron chi connectivity index (χ1n) is 11.9. The topological polar surface area (TPSA) is 123 Å². The highest BCUT2D eigenvalue weighted by Crippen LogP contribution is 2.43. The minimum atomic E-state index is -0.639. The number of methoxy groups -OCH3 is 1. The van der Waals surface area contributed by atoms with Crippen LogP contribution in [0.3, 0.4) is 0 Å². The number of carbonyl (C=O) groups excluding carboxylic acids is 1. The number of carbonyl (C=O) groups is 1. The predicted octanol–water partition coefficient (Wildman–Crippen LogP) is 1.35. The van der Waals surface area contributed by atoms with Crippen LogP contribution >= 0.6 is 0 Å². The van der Waals surface area contributed by atoms with E-state index < -0.39 is 17.1 Å². The normalized spacial score (nSPS) is 18.6. The molecule has 4 rings (SSSR count). The molecule has 11 heteroatoms. The highest BCUT2D eigenvalue weighted by atomic mass is 19.1. The Morgan fingerprint density at radius 2 is 2.14 bits per heavy atom. The summed E-state index contributed by atoms with van der Waals surface area (Å²) in [6, 6.07) is 3.25. The fourth-order valence-corrected chi connectivity index (χ4v) is 5.14. The lowest BCUT2D eigenvalue weighted by Crippen LogP contribution is -2.47. The molecular formula is C24H31FN6O4. The molecule has 0 bridgehead atoms. The number of aromatic amines is 1. The van der Waals surface area contributed by atoms with Crippen LogP contribution in [0.1, 0.15) is 38.6 Å². The summed E-state index contributed by atoms with van der Waals surface area (Å²) in [5, 5.41) is 12.0. The van der Waals surface area contributed by atoms with Gasteiger partial charge < -0.3 is 19.9 Å². The average Bonchev–Trinajstić information content (AvgIpc) is 3.54. The monoisotopic (exact) mass is 486 g/mol. The summed E-state index contributed by atoms with van der Waals surface area (Å²) >= 11 is 0. The summed E-state index contributed by atoms with van der Waals surface area (Å²) < 4.78 is 22.7. The van der Waals surface area contributed by atoms with Gasteiger partial charge in [0.25, 0.3) is 5.56 Å². The first-order chi connectivity index (χ1) is 16.8. The van der Waals surface area contributed by atoms with Crippen LogP contribution in [0.4, 0.5) is 10.1 Å². The number of hydrogen-bond donors (Lipinski definition) is 2. The standard InChI is InChI=1S/C24H31FN6O4/c1-14(32)27-12-19(29(2)9-4-8-26)15-7-10-30(13-15)21-18(25)11-17-20(22(21)35-3)31(16-5-6-16)24(34)28-23(17)33/h11,15-16,19H,4-7,9-10,12-13H2,1-3H3,(H,27,32)(H,28,33,34). The van der Waals surface area contributed by atoms with E-state index in [-0.39, 0.29) is 40.7 Å². The van der Waals surface area contributed by atoms with Gasteiger partial charge in [-0.15, -0.1) is 0 Å². The lowest BCUT2D eigenvalue weighted by atomic mass is 9.97. The summed E-state index contributed by atoms with van der Waals surface area (Å²) in [5.41, 5.74) is -0.599. The van der Waals surface area contributed by atoms with E-state index in [9.17, 15) is 14.4 Å². The molecule has 10 nitrogen and oxygen atoms in total. The smallest absolute Gasteiger partial charge is 0.329 e. The molecule has 1 aliphatic carbocycles. The van der Waals surface area contributed by atoms with Crippen molar-refractivity contribution in [3.05, 3.63) is 32.7 Å². The van der Waals surface area contributed by atoms with Crippen molar-refractivity contribution in [3.63, 3.8) is 0 Å². The highest BCUT2D eigenvalue weighted by molar-refractivity contribution is 5.91. The molecule has 0 radical (unpaired) electrons. The second-order valence-electron chi connectivity index (χ2n) is 9.38. The van der Waals surface area contributed by atoms with Gasteiger partial charge in [0, 0.05) is 51.6 Å². The van der Waals surface area contributed by atoms with E-state index in [0.717, 1.165) is 19.3 Å². The van der Waals surface area contributed by atoms with E-state index in [1.54, 1.807) is 0 Å². The molecule has 1 aromatic heterocycles. The second-order valence-corrected chi connectivity index (χ2v) is 9.38. The molecule has 2 fully saturated rings. The third-order valence-corrected chi connectivity index (χ3v) is 7.01. The molecule has 2 atom stereocenters. The van der Waals surface area contributed by atoms with Crippen molar-refractivity contribution in [2.24, 2.45) is 5.92 Å². The van der Waals surface area contributed by atoms with Crippen LogP contribution in [-0.2, 0) is 4.79 Å². The Morgan fingerprint density at radius 3 is 2.77 bits per heavy atom. The third-order valence-electron chi connectivity index (χ3n) is 7.01. The minimum absolute atomic E-state index is 0.0424. The maximum atomic E-state index is 15.5. The lowest BCUT2D eigenvalue weighted by molar-refractivity contribution is -0.119. The van der Waals surface area contributed by atoms with Crippen molar-refractivity contribution in [1.82, 2.24) is 19.8 Å². The molecule has 2 aromatic rings. The van der Waals surface area contributed by atoms with Gasteiger partial charge in [0.05, 0.1) is 18.6 Å². The van der Waals surface area contributed by atoms with E-state index in [4.69, 9.17) is 10.00 Å². The molecule has 1 aromatic carbocycles. The number of anilines is 1. The number of H-pyrrole nitrogens is 1. The van der Waals surface area contributed by atoms with Gasteiger partial charge in [-0.3, -0.25) is 19.1 Å². The molecular weight excluding hydrogens is 455 g/mol. The van der Waals surface area contributed by atoms with Crippen LogP contribution < -0.4 is 26.2 Å². The number of ether oxygens (including phenoxy) is 1. The van der Waals surface area contributed by atoms with E-state index in [0.29, 0.717) is 38.1 Å². The molecule has 1 amide bonds. The number of halogens is 1. The predicted molar refractivity (Wildman–Crippen MR) is 129 cm³/mol. The zero-order valence-electron chi connectivity index (χ0n) is 20.3. The molecule has 1 saturated carbocycles. The molecule has 2 N–H and O–H groups in total. The molecule has 188 valence electrons. The van der Waals surface area contributed by atoms with Crippen LogP contribution in [0.15, 0.2) is 15.7 Å². The summed E-state index contributed by atoms with van der Waals surface area (Å²) in [4.78, 5) is 43.0. The largest absolute Gasteiger partial charge is 0.492 e. The third kappa shape index (κ3) is 4.89. The molecule has 2 unspecified atom stereocenters. The zero-order valence-corrected chi connectivity index (χ0v) is 20.3. The van der Waals surface area contributed by atoms with Gasteiger partial charge in [0.2, 0.25) is 5.91 Å². The maximum absolute atomic E-state index is 15.5. The van der Waals surface area contributed by atoms with Gasteiger partial charge in [0.15, 0.2) is 11.6 Å². The number of rotatable bonds is 9. The van der Waals surface area contributed by atoms with Gasteiger partial charge >= 0.3 is 5.69 Å². The second kappa shape index (κ2) is 10.1. The summed E-state index contributed by atoms with van der Waals surface area (Å²) in [6.45, 7) is 3.48. The van der Waals surface area contributed by atoms with Crippen molar-refractivity contribution < 1.29 is 13.9 Å². The number of aromatic nitrogens is 2. The number of fused-ring (bicyclic) bond motifs is 1. The average molecular weight is 487 g/mol. The Labute approximate surface area is 202 Å². The number of hydrogen-bond acceptors (Lipinski definition) is 7. The first-order valence-corrected chi connectivity index (χ1v) is 11.9. The van der Waals surface area contributed by atoms with Gasteiger partial charge in [-0.05, 0) is 38.3 Å². The molecule has 35 heavy (non-hydrogen) atoms. The molecule has 2 aliphatic rings. The first kappa shape index (κ1) is 24.7. The van der Waals surface area contributed by atoms with Gasteiger partial charge in [-0.25, -0.2) is 9.18 Å². The maximum Gasteiger partial charge on any atom is 0.329 e. The zero-order chi connectivity index (χ0) is 25.3. The van der Waals surface area contributed by atoms with E-state index in [1.165, 1.54) is 24.7 Å². The van der Waals surface area contributed by atoms with Crippen molar-refractivity contribution >= 4 is 22.5 Å². The molecule has 1 saturated heterocycles. The van der Waals surface area contributed by atoms with Crippen molar-refractivity contribution in [1.29, 1.82) is 5.26 Å². The summed E-state index contributed by atoms with van der Waals surface area (Å²) in [6.07, 6.45) is 2.72. The highest BCUT2D eigenvalue weighted by Gasteiger charge is 2.36. The van der Waals surface area contributed by atoms with Crippen LogP contribution in [0.5, 0.6) is 5.75 Å². The summed E-state index contributed by atoms with van der Waals surface area (Å²) in [5.74, 6) is -0.441. The van der Waals surface area contributed by atoms with Crippen LogP contribution in [0, 0.1) is 23.1 Å². The van der Waals surface area contributed by atoms with E-state index in [2.05, 4.69) is 21.3 Å². The number of amides is 1. The minimum Gasteiger partial charge on any atom is -0.492 e. The number of likely N-dealkylation sites (N-methyl/N-ethyl adjacent to an activating group) is 1. The van der Waals surface area contributed by atoms with Crippen molar-refractivity contribution in [2.45, 2.75) is 44.7 Å². The van der Waals surface area contributed by atoms with Crippen LogP contribution in [0.25, 0.3) is 10.9 Å².